The number of hydrogen-bond acceptors (Lipinski definition) is 2. The van der Waals surface area contributed by atoms with Gasteiger partial charge < -0.3 is 10.2 Å². The minimum Gasteiger partial charge on any atom is -0.326 e. The van der Waals surface area contributed by atoms with Crippen molar-refractivity contribution in [2.24, 2.45) is 0 Å². The van der Waals surface area contributed by atoms with E-state index in [0.29, 0.717) is 30.6 Å². The smallest absolute Gasteiger partial charge is 0.227 e. The average molecular weight is 340 g/mol. The first-order valence-corrected chi connectivity index (χ1v) is 8.49. The van der Waals surface area contributed by atoms with E-state index in [2.05, 4.69) is 5.32 Å². The van der Waals surface area contributed by atoms with Gasteiger partial charge in [-0.2, -0.15) is 0 Å². The number of hydrogen-bond donors (Lipinski definition) is 1. The van der Waals surface area contributed by atoms with Crippen molar-refractivity contribution in [1.29, 1.82) is 0 Å². The highest BCUT2D eigenvalue weighted by molar-refractivity contribution is 5.97. The lowest BCUT2D eigenvalue weighted by Gasteiger charge is -2.19. The van der Waals surface area contributed by atoms with Gasteiger partial charge in [0.1, 0.15) is 5.82 Å². The predicted octanol–water partition coefficient (Wildman–Crippen LogP) is 3.83. The summed E-state index contributed by atoms with van der Waals surface area (Å²) < 4.78 is 13.6. The first kappa shape index (κ1) is 17.1. The number of aryl methyl sites for hydroxylation is 2. The summed E-state index contributed by atoms with van der Waals surface area (Å²) in [6, 6.07) is 12.0. The molecule has 0 spiro atoms. The molecule has 0 aromatic heterocycles. The van der Waals surface area contributed by atoms with Gasteiger partial charge in [-0.25, -0.2) is 4.39 Å². The maximum absolute atomic E-state index is 13.6. The maximum atomic E-state index is 13.6. The molecule has 1 aliphatic rings. The van der Waals surface area contributed by atoms with Crippen molar-refractivity contribution in [1.82, 2.24) is 0 Å². The Morgan fingerprint density at radius 2 is 2.04 bits per heavy atom. The van der Waals surface area contributed by atoms with E-state index in [4.69, 9.17) is 0 Å². The Bertz CT molecular complexity index is 804. The Morgan fingerprint density at radius 3 is 2.76 bits per heavy atom. The SMILES string of the molecule is Cc1ccc(NC(=O)CCc2ccccc2F)cc1N1CCCC1=O. The highest BCUT2D eigenvalue weighted by atomic mass is 19.1. The molecule has 1 saturated heterocycles. The highest BCUT2D eigenvalue weighted by Crippen LogP contribution is 2.28. The molecule has 5 heteroatoms. The number of rotatable bonds is 5. The normalized spacial score (nSPS) is 14.0. The van der Waals surface area contributed by atoms with E-state index in [1.54, 1.807) is 23.1 Å². The predicted molar refractivity (Wildman–Crippen MR) is 96.1 cm³/mol. The van der Waals surface area contributed by atoms with Crippen molar-refractivity contribution < 1.29 is 14.0 Å². The molecule has 3 rings (SSSR count). The van der Waals surface area contributed by atoms with Crippen LogP contribution in [0.5, 0.6) is 0 Å². The van der Waals surface area contributed by atoms with Crippen molar-refractivity contribution in [2.75, 3.05) is 16.8 Å². The molecule has 0 unspecified atom stereocenters. The molecule has 2 amide bonds. The Balaban J connectivity index is 1.65. The van der Waals surface area contributed by atoms with E-state index in [-0.39, 0.29) is 24.1 Å². The summed E-state index contributed by atoms with van der Waals surface area (Å²) in [5.41, 5.74) is 3.03. The lowest BCUT2D eigenvalue weighted by molar-refractivity contribution is -0.117. The summed E-state index contributed by atoms with van der Waals surface area (Å²) in [5, 5.41) is 2.84. The number of carbonyl (C=O) groups excluding carboxylic acids is 2. The van der Waals surface area contributed by atoms with E-state index in [1.165, 1.54) is 6.07 Å². The van der Waals surface area contributed by atoms with Gasteiger partial charge in [-0.15, -0.1) is 0 Å². The number of benzene rings is 2. The Morgan fingerprint density at radius 1 is 1.24 bits per heavy atom. The molecule has 4 nitrogen and oxygen atoms in total. The van der Waals surface area contributed by atoms with Crippen LogP contribution in [0.2, 0.25) is 0 Å². The van der Waals surface area contributed by atoms with Gasteiger partial charge in [-0.1, -0.05) is 24.3 Å². The third-order valence-corrected chi connectivity index (χ3v) is 4.44. The Kier molecular flexibility index (Phi) is 5.12. The number of anilines is 2. The number of halogens is 1. The van der Waals surface area contributed by atoms with Gasteiger partial charge in [-0.05, 0) is 49.1 Å². The van der Waals surface area contributed by atoms with Crippen LogP contribution in [0.25, 0.3) is 0 Å². The van der Waals surface area contributed by atoms with E-state index in [0.717, 1.165) is 17.7 Å². The molecule has 130 valence electrons. The van der Waals surface area contributed by atoms with Gasteiger partial charge in [0, 0.05) is 30.8 Å². The van der Waals surface area contributed by atoms with Crippen LogP contribution in [0, 0.1) is 12.7 Å². The van der Waals surface area contributed by atoms with Gasteiger partial charge >= 0.3 is 0 Å². The lowest BCUT2D eigenvalue weighted by atomic mass is 10.1. The molecule has 0 bridgehead atoms. The van der Waals surface area contributed by atoms with E-state index < -0.39 is 0 Å². The van der Waals surface area contributed by atoms with E-state index in [1.807, 2.05) is 25.1 Å². The van der Waals surface area contributed by atoms with Crippen LogP contribution < -0.4 is 10.2 Å². The van der Waals surface area contributed by atoms with Crippen LogP contribution in [0.3, 0.4) is 0 Å². The lowest BCUT2D eigenvalue weighted by Crippen LogP contribution is -2.24. The molecule has 0 saturated carbocycles. The third-order valence-electron chi connectivity index (χ3n) is 4.44. The van der Waals surface area contributed by atoms with Crippen LogP contribution in [0.1, 0.15) is 30.4 Å². The molecule has 25 heavy (non-hydrogen) atoms. The highest BCUT2D eigenvalue weighted by Gasteiger charge is 2.23. The van der Waals surface area contributed by atoms with Crippen LogP contribution >= 0.6 is 0 Å². The van der Waals surface area contributed by atoms with Crippen LogP contribution in [0.15, 0.2) is 42.5 Å². The zero-order valence-corrected chi connectivity index (χ0v) is 14.2. The molecule has 2 aromatic rings. The summed E-state index contributed by atoms with van der Waals surface area (Å²) in [7, 11) is 0. The molecule has 1 heterocycles. The quantitative estimate of drug-likeness (QED) is 0.899. The fourth-order valence-electron chi connectivity index (χ4n) is 3.05. The first-order valence-electron chi connectivity index (χ1n) is 8.49. The van der Waals surface area contributed by atoms with Gasteiger partial charge in [0.15, 0.2) is 0 Å². The van der Waals surface area contributed by atoms with Crippen molar-refractivity contribution >= 4 is 23.2 Å². The van der Waals surface area contributed by atoms with Crippen molar-refractivity contribution in [3.63, 3.8) is 0 Å². The fourth-order valence-corrected chi connectivity index (χ4v) is 3.05. The maximum Gasteiger partial charge on any atom is 0.227 e. The topological polar surface area (TPSA) is 49.4 Å². The molecule has 0 aliphatic carbocycles. The molecule has 0 radical (unpaired) electrons. The monoisotopic (exact) mass is 340 g/mol. The summed E-state index contributed by atoms with van der Waals surface area (Å²) in [6.07, 6.45) is 1.98. The first-order chi connectivity index (χ1) is 12.0. The van der Waals surface area contributed by atoms with Crippen molar-refractivity contribution in [2.45, 2.75) is 32.6 Å². The summed E-state index contributed by atoms with van der Waals surface area (Å²) in [5.74, 6) is -0.350. The average Bonchev–Trinajstić information content (AvgIpc) is 3.02. The molecule has 1 fully saturated rings. The van der Waals surface area contributed by atoms with E-state index >= 15 is 0 Å². The second kappa shape index (κ2) is 7.47. The zero-order valence-electron chi connectivity index (χ0n) is 14.2. The molecule has 1 N–H and O–H groups in total. The van der Waals surface area contributed by atoms with Gasteiger partial charge in [0.25, 0.3) is 0 Å². The number of carbonyl (C=O) groups is 2. The van der Waals surface area contributed by atoms with Gasteiger partial charge in [-0.3, -0.25) is 9.59 Å². The minimum atomic E-state index is -0.291. The van der Waals surface area contributed by atoms with Gasteiger partial charge in [0.05, 0.1) is 0 Å². The summed E-state index contributed by atoms with van der Waals surface area (Å²) in [4.78, 5) is 25.9. The minimum absolute atomic E-state index is 0.117. The molecule has 0 atom stereocenters. The molecule has 1 aliphatic heterocycles. The van der Waals surface area contributed by atoms with Gasteiger partial charge in [0.2, 0.25) is 11.8 Å². The van der Waals surface area contributed by atoms with Crippen molar-refractivity contribution in [3.8, 4) is 0 Å². The van der Waals surface area contributed by atoms with Crippen LogP contribution in [-0.2, 0) is 16.0 Å². The van der Waals surface area contributed by atoms with Crippen LogP contribution in [-0.4, -0.2) is 18.4 Å². The Hall–Kier alpha value is -2.69. The molecular weight excluding hydrogens is 319 g/mol. The van der Waals surface area contributed by atoms with E-state index in [9.17, 15) is 14.0 Å². The summed E-state index contributed by atoms with van der Waals surface area (Å²) >= 11 is 0. The summed E-state index contributed by atoms with van der Waals surface area (Å²) in [6.45, 7) is 2.66. The fraction of sp³-hybridized carbons (Fsp3) is 0.300. The largest absolute Gasteiger partial charge is 0.326 e. The number of amides is 2. The number of nitrogens with zero attached hydrogens (tertiary/aromatic N) is 1. The van der Waals surface area contributed by atoms with Crippen LogP contribution in [0.4, 0.5) is 15.8 Å². The number of nitrogens with one attached hydrogen (secondary N) is 1. The standard InChI is InChI=1S/C20H21FN2O2/c1-14-8-10-16(13-18(14)23-12-4-7-20(23)25)22-19(24)11-9-15-5-2-3-6-17(15)21/h2-3,5-6,8,10,13H,4,7,9,11-12H2,1H3,(H,22,24). The second-order valence-corrected chi connectivity index (χ2v) is 6.29. The molecule has 2 aromatic carbocycles. The third kappa shape index (κ3) is 4.05. The molecular formula is C20H21FN2O2. The Labute approximate surface area is 146 Å². The van der Waals surface area contributed by atoms with Crippen molar-refractivity contribution in [3.05, 3.63) is 59.4 Å². The zero-order chi connectivity index (χ0) is 17.8. The second-order valence-electron chi connectivity index (χ2n) is 6.29.